The minimum absolute atomic E-state index is 0.166. The molecule has 0 amide bonds. The predicted molar refractivity (Wildman–Crippen MR) is 116 cm³/mol. The topological polar surface area (TPSA) is 63.0 Å². The van der Waals surface area contributed by atoms with Gasteiger partial charge in [-0.3, -0.25) is 4.79 Å². The smallest absolute Gasteiger partial charge is 0.186 e. The second-order valence-electron chi connectivity index (χ2n) is 11.3. The number of epoxide rings is 1. The first-order chi connectivity index (χ1) is 14.2. The van der Waals surface area contributed by atoms with Gasteiger partial charge in [0.15, 0.2) is 5.12 Å². The number of ether oxygens (including phenoxy) is 1. The van der Waals surface area contributed by atoms with Crippen LogP contribution in [-0.2, 0) is 15.1 Å². The maximum Gasteiger partial charge on any atom is 0.186 e. The van der Waals surface area contributed by atoms with Gasteiger partial charge in [-0.25, -0.2) is 0 Å². The van der Waals surface area contributed by atoms with Crippen molar-refractivity contribution in [3.05, 3.63) is 24.2 Å². The van der Waals surface area contributed by atoms with Crippen LogP contribution in [0.2, 0.25) is 0 Å². The van der Waals surface area contributed by atoms with Gasteiger partial charge in [0.25, 0.3) is 0 Å². The zero-order valence-electron chi connectivity index (χ0n) is 18.4. The number of hydrogen-bond acceptors (Lipinski definition) is 5. The van der Waals surface area contributed by atoms with Crippen LogP contribution in [0.4, 0.5) is 0 Å². The monoisotopic (exact) mass is 430 g/mol. The summed E-state index contributed by atoms with van der Waals surface area (Å²) in [6, 6.07) is 1.95. The molecule has 0 aromatic carbocycles. The average Bonchev–Trinajstić information content (AvgIpc) is 3.07. The molecule has 5 aliphatic rings. The van der Waals surface area contributed by atoms with Gasteiger partial charge in [0.2, 0.25) is 0 Å². The fourth-order valence-electron chi connectivity index (χ4n) is 8.96. The maximum absolute atomic E-state index is 11.9. The molecule has 1 unspecified atom stereocenters. The summed E-state index contributed by atoms with van der Waals surface area (Å²) in [4.78, 5) is 11.7. The van der Waals surface area contributed by atoms with Crippen molar-refractivity contribution in [2.45, 2.75) is 94.7 Å². The number of fused-ring (bicyclic) bond motifs is 3. The molecule has 4 aliphatic carbocycles. The molecule has 4 saturated carbocycles. The first-order valence-corrected chi connectivity index (χ1v) is 12.7. The quantitative estimate of drug-likeness (QED) is 0.646. The Morgan fingerprint density at radius 3 is 2.73 bits per heavy atom. The van der Waals surface area contributed by atoms with Gasteiger partial charge in [0.05, 0.1) is 18.6 Å². The molecule has 1 aromatic heterocycles. The van der Waals surface area contributed by atoms with Crippen LogP contribution in [0.25, 0.3) is 0 Å². The molecular weight excluding hydrogens is 396 g/mol. The lowest BCUT2D eigenvalue weighted by Crippen LogP contribution is -2.61. The molecule has 164 valence electrons. The SMILES string of the molecule is CC(=O)SC1CC[C@@]2(C)[C@H](CC[C@@H]3[C@@H]2CC[C@@]2(C)[C@@]34O[C@@H]4C[C@]2(O)c2ccoc2)C1. The predicted octanol–water partition coefficient (Wildman–Crippen LogP) is 5.29. The average molecular weight is 431 g/mol. The highest BCUT2D eigenvalue weighted by Crippen LogP contribution is 2.79. The number of thioether (sulfide) groups is 1. The summed E-state index contributed by atoms with van der Waals surface area (Å²) in [5, 5.41) is 12.7. The van der Waals surface area contributed by atoms with Crippen molar-refractivity contribution in [1.82, 2.24) is 0 Å². The fourth-order valence-corrected chi connectivity index (χ4v) is 9.99. The Hall–Kier alpha value is -0.780. The Bertz CT molecular complexity index is 869. The lowest BCUT2D eigenvalue weighted by molar-refractivity contribution is -0.189. The Labute approximate surface area is 183 Å². The summed E-state index contributed by atoms with van der Waals surface area (Å²) in [6.07, 6.45) is 12.5. The van der Waals surface area contributed by atoms with Gasteiger partial charge >= 0.3 is 0 Å². The second kappa shape index (κ2) is 6.17. The normalized spacial score (nSPS) is 53.9. The van der Waals surface area contributed by atoms with E-state index in [0.717, 1.165) is 24.3 Å². The van der Waals surface area contributed by atoms with Crippen molar-refractivity contribution < 1.29 is 19.1 Å². The Morgan fingerprint density at radius 1 is 1.17 bits per heavy atom. The summed E-state index contributed by atoms with van der Waals surface area (Å²) in [5.41, 5.74) is 0.0167. The van der Waals surface area contributed by atoms with Crippen LogP contribution in [0.5, 0.6) is 0 Å². The summed E-state index contributed by atoms with van der Waals surface area (Å²) in [5.74, 6) is 1.93. The van der Waals surface area contributed by atoms with Crippen LogP contribution in [-0.4, -0.2) is 27.2 Å². The molecule has 1 N–H and O–H groups in total. The zero-order chi connectivity index (χ0) is 20.9. The first kappa shape index (κ1) is 19.9. The Kier molecular flexibility index (Phi) is 4.09. The Morgan fingerprint density at radius 2 is 2.00 bits per heavy atom. The molecular formula is C25H34O4S. The van der Waals surface area contributed by atoms with Crippen molar-refractivity contribution in [3.8, 4) is 0 Å². The van der Waals surface area contributed by atoms with Crippen LogP contribution in [0.15, 0.2) is 23.0 Å². The van der Waals surface area contributed by atoms with E-state index in [-0.39, 0.29) is 22.2 Å². The summed E-state index contributed by atoms with van der Waals surface area (Å²) in [7, 11) is 0. The molecule has 1 spiro atoms. The molecule has 9 atom stereocenters. The van der Waals surface area contributed by atoms with Crippen molar-refractivity contribution in [2.75, 3.05) is 0 Å². The van der Waals surface area contributed by atoms with Crippen molar-refractivity contribution in [2.24, 2.45) is 28.6 Å². The highest BCUT2D eigenvalue weighted by molar-refractivity contribution is 8.14. The number of carbonyl (C=O) groups excluding carboxylic acids is 1. The molecule has 5 heteroatoms. The first-order valence-electron chi connectivity index (χ1n) is 11.8. The van der Waals surface area contributed by atoms with E-state index >= 15 is 0 Å². The number of rotatable bonds is 2. The number of aliphatic hydroxyl groups is 1. The third-order valence-corrected chi connectivity index (χ3v) is 11.6. The minimum Gasteiger partial charge on any atom is -0.472 e. The van der Waals surface area contributed by atoms with E-state index in [1.807, 2.05) is 6.07 Å². The highest BCUT2D eigenvalue weighted by atomic mass is 32.2. The van der Waals surface area contributed by atoms with Crippen LogP contribution in [0.3, 0.4) is 0 Å². The van der Waals surface area contributed by atoms with Gasteiger partial charge in [0, 0.05) is 29.6 Å². The summed E-state index contributed by atoms with van der Waals surface area (Å²) < 4.78 is 11.9. The van der Waals surface area contributed by atoms with Crippen LogP contribution >= 0.6 is 11.8 Å². The van der Waals surface area contributed by atoms with Gasteiger partial charge in [-0.15, -0.1) is 0 Å². The molecule has 4 nitrogen and oxygen atoms in total. The van der Waals surface area contributed by atoms with E-state index in [1.165, 1.54) is 32.1 Å². The lowest BCUT2D eigenvalue weighted by Gasteiger charge is -2.62. The molecule has 1 aliphatic heterocycles. The molecule has 5 fully saturated rings. The van der Waals surface area contributed by atoms with Gasteiger partial charge in [0.1, 0.15) is 11.2 Å². The molecule has 1 aromatic rings. The van der Waals surface area contributed by atoms with E-state index < -0.39 is 5.60 Å². The number of hydrogen-bond donors (Lipinski definition) is 1. The van der Waals surface area contributed by atoms with E-state index in [9.17, 15) is 9.90 Å². The zero-order valence-corrected chi connectivity index (χ0v) is 19.2. The van der Waals surface area contributed by atoms with Gasteiger partial charge < -0.3 is 14.3 Å². The Balaban J connectivity index is 1.31. The molecule has 6 rings (SSSR count). The molecule has 30 heavy (non-hydrogen) atoms. The number of furan rings is 1. The van der Waals surface area contributed by atoms with E-state index in [1.54, 1.807) is 31.2 Å². The molecule has 2 heterocycles. The summed E-state index contributed by atoms with van der Waals surface area (Å²) >= 11 is 1.57. The maximum atomic E-state index is 11.9. The summed E-state index contributed by atoms with van der Waals surface area (Å²) in [6.45, 7) is 6.54. The number of carbonyl (C=O) groups is 1. The molecule has 1 saturated heterocycles. The molecule has 0 radical (unpaired) electrons. The lowest BCUT2D eigenvalue weighted by atomic mass is 9.43. The third kappa shape index (κ3) is 2.25. The third-order valence-electron chi connectivity index (χ3n) is 10.5. The van der Waals surface area contributed by atoms with E-state index in [4.69, 9.17) is 9.15 Å². The van der Waals surface area contributed by atoms with Gasteiger partial charge in [-0.2, -0.15) is 0 Å². The van der Waals surface area contributed by atoms with Crippen LogP contribution in [0, 0.1) is 28.6 Å². The standard InChI is InChI=1S/C25H34O4S/c1-15(26)30-18-6-9-22(2)16(12-18)4-5-20-19(22)7-10-23(3)24(27,17-8-11-28-14-17)13-21-25(20,23)29-21/h8,11,14,16,18-21,27H,4-7,9-10,12-13H2,1-3H3/t16-,18?,19+,20-,21-,22+,23-,24+,25-/m1/s1. The van der Waals surface area contributed by atoms with Crippen LogP contribution < -0.4 is 0 Å². The minimum atomic E-state index is -0.846. The highest BCUT2D eigenvalue weighted by Gasteiger charge is 2.84. The van der Waals surface area contributed by atoms with E-state index in [0.29, 0.717) is 28.9 Å². The van der Waals surface area contributed by atoms with Gasteiger partial charge in [-0.1, -0.05) is 25.6 Å². The molecule has 0 bridgehead atoms. The van der Waals surface area contributed by atoms with Gasteiger partial charge in [-0.05, 0) is 74.2 Å². The largest absolute Gasteiger partial charge is 0.472 e. The van der Waals surface area contributed by atoms with Crippen molar-refractivity contribution in [3.63, 3.8) is 0 Å². The second-order valence-corrected chi connectivity index (χ2v) is 12.8. The fraction of sp³-hybridized carbons (Fsp3) is 0.800. The van der Waals surface area contributed by atoms with Crippen molar-refractivity contribution >= 4 is 16.9 Å². The van der Waals surface area contributed by atoms with Crippen LogP contribution in [0.1, 0.15) is 77.7 Å². The van der Waals surface area contributed by atoms with E-state index in [2.05, 4.69) is 13.8 Å². The van der Waals surface area contributed by atoms with Crippen molar-refractivity contribution in [1.29, 1.82) is 0 Å².